The molecule has 0 aliphatic heterocycles. The van der Waals surface area contributed by atoms with Crippen molar-refractivity contribution in [1.29, 1.82) is 0 Å². The Morgan fingerprint density at radius 3 is 2.36 bits per heavy atom. The standard InChI is InChI=1S/C11H18OSeSi/c1-14(2,3)10-9-12-13-11-7-5-4-6-8-11/h4-8H,9-10H2,1-3H3. The summed E-state index contributed by atoms with van der Waals surface area (Å²) in [4.78, 5) is 0. The first-order valence-electron chi connectivity index (χ1n) is 4.92. The minimum atomic E-state index is -0.910. The molecule has 0 atom stereocenters. The molecule has 0 unspecified atom stereocenters. The van der Waals surface area contributed by atoms with Gasteiger partial charge in [0.05, 0.1) is 0 Å². The van der Waals surface area contributed by atoms with Gasteiger partial charge in [-0.2, -0.15) is 0 Å². The van der Waals surface area contributed by atoms with Crippen LogP contribution >= 0.6 is 0 Å². The van der Waals surface area contributed by atoms with E-state index in [0.717, 1.165) is 6.61 Å². The molecule has 0 aliphatic carbocycles. The van der Waals surface area contributed by atoms with Crippen molar-refractivity contribution in [2.24, 2.45) is 0 Å². The molecule has 14 heavy (non-hydrogen) atoms. The van der Waals surface area contributed by atoms with Gasteiger partial charge in [-0.3, -0.25) is 0 Å². The Balaban J connectivity index is 2.17. The molecule has 0 heterocycles. The molecule has 1 rings (SSSR count). The molecular formula is C11H18OSeSi. The molecule has 78 valence electrons. The molecule has 0 spiro atoms. The molecule has 0 radical (unpaired) electrons. The summed E-state index contributed by atoms with van der Waals surface area (Å²) in [6.07, 6.45) is 0. The van der Waals surface area contributed by atoms with E-state index in [2.05, 4.69) is 43.9 Å². The maximum atomic E-state index is 5.69. The summed E-state index contributed by atoms with van der Waals surface area (Å²) in [5.41, 5.74) is 0. The van der Waals surface area contributed by atoms with Crippen LogP contribution in [0, 0.1) is 0 Å². The van der Waals surface area contributed by atoms with E-state index in [1.165, 1.54) is 10.5 Å². The zero-order valence-corrected chi connectivity index (χ0v) is 11.8. The number of hydrogen-bond acceptors (Lipinski definition) is 1. The Bertz CT molecular complexity index is 256. The van der Waals surface area contributed by atoms with Crippen LogP contribution in [0.1, 0.15) is 0 Å². The van der Waals surface area contributed by atoms with E-state index in [1.54, 1.807) is 0 Å². The van der Waals surface area contributed by atoms with E-state index in [0.29, 0.717) is 0 Å². The topological polar surface area (TPSA) is 9.23 Å². The summed E-state index contributed by atoms with van der Waals surface area (Å²) in [6.45, 7) is 8.08. The van der Waals surface area contributed by atoms with E-state index in [4.69, 9.17) is 3.82 Å². The van der Waals surface area contributed by atoms with Gasteiger partial charge in [0.25, 0.3) is 0 Å². The van der Waals surface area contributed by atoms with E-state index in [-0.39, 0.29) is 15.3 Å². The van der Waals surface area contributed by atoms with Gasteiger partial charge in [0.15, 0.2) is 0 Å². The van der Waals surface area contributed by atoms with Crippen LogP contribution in [0.25, 0.3) is 0 Å². The third-order valence-corrected chi connectivity index (χ3v) is 5.11. The predicted octanol–water partition coefficient (Wildman–Crippen LogP) is 2.29. The van der Waals surface area contributed by atoms with E-state index < -0.39 is 8.07 Å². The van der Waals surface area contributed by atoms with Crippen LogP contribution in [0.15, 0.2) is 30.3 Å². The van der Waals surface area contributed by atoms with Gasteiger partial charge in [0, 0.05) is 0 Å². The van der Waals surface area contributed by atoms with Crippen LogP contribution in [0.4, 0.5) is 0 Å². The predicted molar refractivity (Wildman–Crippen MR) is 65.9 cm³/mol. The van der Waals surface area contributed by atoms with Gasteiger partial charge in [0.1, 0.15) is 0 Å². The van der Waals surface area contributed by atoms with Crippen LogP contribution in [0.5, 0.6) is 0 Å². The normalized spacial score (nSPS) is 11.6. The van der Waals surface area contributed by atoms with Gasteiger partial charge in [-0.05, 0) is 0 Å². The quantitative estimate of drug-likeness (QED) is 0.591. The molecule has 1 aromatic carbocycles. The zero-order chi connectivity index (χ0) is 10.4. The van der Waals surface area contributed by atoms with Crippen molar-refractivity contribution in [2.45, 2.75) is 25.7 Å². The Morgan fingerprint density at radius 1 is 1.14 bits per heavy atom. The first-order valence-corrected chi connectivity index (χ1v) is 10.2. The molecule has 1 nitrogen and oxygen atoms in total. The molecule has 0 bridgehead atoms. The Morgan fingerprint density at radius 2 is 1.79 bits per heavy atom. The van der Waals surface area contributed by atoms with Crippen LogP contribution in [0.2, 0.25) is 25.7 Å². The van der Waals surface area contributed by atoms with Crippen LogP contribution in [0.3, 0.4) is 0 Å². The van der Waals surface area contributed by atoms with E-state index in [9.17, 15) is 0 Å². The molecule has 0 aliphatic rings. The third kappa shape index (κ3) is 5.61. The fourth-order valence-corrected chi connectivity index (χ4v) is 3.18. The van der Waals surface area contributed by atoms with Gasteiger partial charge < -0.3 is 0 Å². The van der Waals surface area contributed by atoms with E-state index in [1.807, 2.05) is 6.07 Å². The first kappa shape index (κ1) is 12.0. The fraction of sp³-hybridized carbons (Fsp3) is 0.455. The summed E-state index contributed by atoms with van der Waals surface area (Å²) in [7, 11) is -0.910. The average molecular weight is 273 g/mol. The Kier molecular flexibility index (Phi) is 4.89. The monoisotopic (exact) mass is 274 g/mol. The van der Waals surface area contributed by atoms with Gasteiger partial charge in [-0.1, -0.05) is 0 Å². The summed E-state index contributed by atoms with van der Waals surface area (Å²) in [5.74, 6) is 0. The van der Waals surface area contributed by atoms with Crippen molar-refractivity contribution in [1.82, 2.24) is 0 Å². The molecule has 3 heteroatoms. The average Bonchev–Trinajstić information content (AvgIpc) is 2.13. The molecule has 0 amide bonds. The summed E-state index contributed by atoms with van der Waals surface area (Å²) < 4.78 is 7.02. The Labute approximate surface area is 94.4 Å². The van der Waals surface area contributed by atoms with Crippen LogP contribution < -0.4 is 4.46 Å². The summed E-state index contributed by atoms with van der Waals surface area (Å²) in [5, 5.41) is 0. The van der Waals surface area contributed by atoms with Gasteiger partial charge in [-0.15, -0.1) is 0 Å². The molecule has 0 N–H and O–H groups in total. The maximum absolute atomic E-state index is 5.69. The van der Waals surface area contributed by atoms with Crippen molar-refractivity contribution in [3.63, 3.8) is 0 Å². The number of benzene rings is 1. The van der Waals surface area contributed by atoms with Crippen molar-refractivity contribution >= 4 is 27.8 Å². The third-order valence-electron chi connectivity index (χ3n) is 1.83. The number of hydrogen-bond donors (Lipinski definition) is 0. The second-order valence-corrected chi connectivity index (χ2v) is 12.0. The molecule has 0 saturated heterocycles. The minimum absolute atomic E-state index is 0.209. The zero-order valence-electron chi connectivity index (χ0n) is 9.12. The van der Waals surface area contributed by atoms with E-state index >= 15 is 0 Å². The number of rotatable bonds is 5. The molecule has 0 saturated carbocycles. The summed E-state index contributed by atoms with van der Waals surface area (Å²) >= 11 is 0.209. The molecule has 0 fully saturated rings. The fourth-order valence-electron chi connectivity index (χ4n) is 0.934. The van der Waals surface area contributed by atoms with Crippen molar-refractivity contribution in [2.75, 3.05) is 6.61 Å². The first-order chi connectivity index (χ1) is 6.58. The SMILES string of the molecule is C[Si](C)(C)CCO[Se]c1ccccc1. The Hall–Kier alpha value is -0.0836. The summed E-state index contributed by atoms with van der Waals surface area (Å²) in [6, 6.07) is 11.7. The molecular weight excluding hydrogens is 255 g/mol. The second-order valence-electron chi connectivity index (χ2n) is 4.53. The molecule has 1 aromatic rings. The van der Waals surface area contributed by atoms with Crippen molar-refractivity contribution < 1.29 is 3.82 Å². The van der Waals surface area contributed by atoms with Gasteiger partial charge >= 0.3 is 94.3 Å². The molecule has 0 aromatic heterocycles. The van der Waals surface area contributed by atoms with Gasteiger partial charge in [-0.25, -0.2) is 0 Å². The van der Waals surface area contributed by atoms with Crippen LogP contribution in [-0.4, -0.2) is 30.0 Å². The van der Waals surface area contributed by atoms with Crippen LogP contribution in [-0.2, 0) is 3.82 Å². The van der Waals surface area contributed by atoms with Crippen molar-refractivity contribution in [3.8, 4) is 0 Å². The van der Waals surface area contributed by atoms with Gasteiger partial charge in [0.2, 0.25) is 0 Å². The van der Waals surface area contributed by atoms with Crippen molar-refractivity contribution in [3.05, 3.63) is 30.3 Å². The second kappa shape index (κ2) is 5.71.